The van der Waals surface area contributed by atoms with Crippen LogP contribution in [0.4, 0.5) is 5.95 Å². The van der Waals surface area contributed by atoms with E-state index in [4.69, 9.17) is 19.5 Å². The SMILES string of the molecule is CCC(CC)COC(=O)[C@H](C)N[P@](=O)(OCC1SC(n2cnc(N)nc2=O)CC1O)Oc1ccccc1. The summed E-state index contributed by atoms with van der Waals surface area (Å²) in [6.07, 6.45) is 2.38. The molecule has 2 aromatic rings. The van der Waals surface area contributed by atoms with E-state index in [1.54, 1.807) is 30.3 Å². The maximum atomic E-state index is 13.7. The first-order chi connectivity index (χ1) is 17.6. The molecule has 5 atom stereocenters. The molecule has 204 valence electrons. The van der Waals surface area contributed by atoms with Gasteiger partial charge in [0, 0.05) is 6.42 Å². The van der Waals surface area contributed by atoms with E-state index in [1.807, 2.05) is 13.8 Å². The Kier molecular flexibility index (Phi) is 10.5. The highest BCUT2D eigenvalue weighted by Gasteiger charge is 2.39. The van der Waals surface area contributed by atoms with Crippen LogP contribution in [-0.2, 0) is 18.6 Å². The minimum absolute atomic E-state index is 0.137. The summed E-state index contributed by atoms with van der Waals surface area (Å²) in [6, 6.07) is 7.43. The van der Waals surface area contributed by atoms with Crippen LogP contribution in [0, 0.1) is 5.92 Å². The van der Waals surface area contributed by atoms with Gasteiger partial charge in [-0.25, -0.2) is 14.3 Å². The molecule has 0 aliphatic carbocycles. The Morgan fingerprint density at radius 2 is 2.03 bits per heavy atom. The lowest BCUT2D eigenvalue weighted by Gasteiger charge is -2.25. The Morgan fingerprint density at radius 1 is 1.32 bits per heavy atom. The second-order valence-electron chi connectivity index (χ2n) is 8.70. The molecule has 14 heteroatoms. The van der Waals surface area contributed by atoms with Gasteiger partial charge in [-0.2, -0.15) is 10.1 Å². The standard InChI is InChI=1S/C23H34N5O7PS/c1-4-16(5-2)12-33-21(30)15(3)27-36(32,35-17-9-7-6-8-10-17)34-13-19-18(29)11-20(37-19)28-14-25-22(24)26-23(28)31/h6-10,14-16,18-20,29H,4-5,11-13H2,1-3H3,(H,27,32)(H2,24,26,31)/t15-,18?,19?,20?,36-/m0/s1. The fraction of sp³-hybridized carbons (Fsp3) is 0.565. The minimum Gasteiger partial charge on any atom is -0.464 e. The van der Waals surface area contributed by atoms with Gasteiger partial charge in [-0.3, -0.25) is 13.9 Å². The number of nitrogens with one attached hydrogen (secondary N) is 1. The quantitative estimate of drug-likeness (QED) is 0.244. The third-order valence-corrected chi connectivity index (χ3v) is 9.14. The van der Waals surface area contributed by atoms with Crippen LogP contribution >= 0.6 is 19.5 Å². The van der Waals surface area contributed by atoms with Gasteiger partial charge in [0.1, 0.15) is 18.1 Å². The van der Waals surface area contributed by atoms with Gasteiger partial charge >= 0.3 is 19.4 Å². The Hall–Kier alpha value is -2.44. The van der Waals surface area contributed by atoms with E-state index in [1.165, 1.54) is 29.6 Å². The maximum absolute atomic E-state index is 13.7. The molecule has 12 nitrogen and oxygen atoms in total. The molecule has 1 aromatic carbocycles. The number of hydrogen-bond donors (Lipinski definition) is 3. The van der Waals surface area contributed by atoms with Crippen LogP contribution in [0.2, 0.25) is 0 Å². The molecule has 4 N–H and O–H groups in total. The minimum atomic E-state index is -4.08. The molecule has 1 aliphatic rings. The van der Waals surface area contributed by atoms with E-state index in [9.17, 15) is 19.3 Å². The van der Waals surface area contributed by atoms with Gasteiger partial charge in [-0.05, 0) is 25.0 Å². The van der Waals surface area contributed by atoms with Crippen molar-refractivity contribution in [3.63, 3.8) is 0 Å². The van der Waals surface area contributed by atoms with Gasteiger partial charge in [-0.15, -0.1) is 11.8 Å². The molecule has 2 heterocycles. The van der Waals surface area contributed by atoms with Crippen molar-refractivity contribution in [3.05, 3.63) is 47.1 Å². The van der Waals surface area contributed by atoms with Crippen molar-refractivity contribution in [2.45, 2.75) is 62.8 Å². The van der Waals surface area contributed by atoms with Gasteiger partial charge in [0.2, 0.25) is 5.95 Å². The predicted octanol–water partition coefficient (Wildman–Crippen LogP) is 2.75. The first-order valence-corrected chi connectivity index (χ1v) is 14.6. The summed E-state index contributed by atoms with van der Waals surface area (Å²) in [5.74, 6) is -0.195. The van der Waals surface area contributed by atoms with Crippen LogP contribution in [0.3, 0.4) is 0 Å². The average molecular weight is 556 g/mol. The van der Waals surface area contributed by atoms with E-state index in [0.717, 1.165) is 12.8 Å². The average Bonchev–Trinajstić information content (AvgIpc) is 3.23. The molecule has 0 spiro atoms. The van der Waals surface area contributed by atoms with Gasteiger partial charge in [0.05, 0.1) is 29.9 Å². The van der Waals surface area contributed by atoms with Gasteiger partial charge in [0.15, 0.2) is 0 Å². The Labute approximate surface area is 219 Å². The number of hydrogen-bond acceptors (Lipinski definition) is 11. The number of nitrogens with zero attached hydrogens (tertiary/aromatic N) is 3. The third kappa shape index (κ3) is 8.27. The maximum Gasteiger partial charge on any atom is 0.459 e. The number of anilines is 1. The first kappa shape index (κ1) is 29.1. The third-order valence-electron chi connectivity index (χ3n) is 5.96. The Bertz CT molecular complexity index is 1130. The van der Waals surface area contributed by atoms with Crippen LogP contribution in [0.25, 0.3) is 0 Å². The molecule has 3 unspecified atom stereocenters. The molecule has 0 saturated carbocycles. The molecule has 0 radical (unpaired) electrons. The molecule has 1 aliphatic heterocycles. The van der Waals surface area contributed by atoms with Crippen LogP contribution < -0.4 is 21.0 Å². The lowest BCUT2D eigenvalue weighted by molar-refractivity contribution is -0.146. The largest absolute Gasteiger partial charge is 0.464 e. The predicted molar refractivity (Wildman–Crippen MR) is 140 cm³/mol. The van der Waals surface area contributed by atoms with Crippen molar-refractivity contribution in [2.24, 2.45) is 5.92 Å². The fourth-order valence-electron chi connectivity index (χ4n) is 3.61. The van der Waals surface area contributed by atoms with E-state index >= 15 is 0 Å². The smallest absolute Gasteiger partial charge is 0.459 e. The van der Waals surface area contributed by atoms with Crippen molar-refractivity contribution in [1.82, 2.24) is 19.6 Å². The molecular weight excluding hydrogens is 521 g/mol. The number of para-hydroxylation sites is 1. The summed E-state index contributed by atoms with van der Waals surface area (Å²) in [6.45, 7) is 5.65. The molecule has 0 bridgehead atoms. The van der Waals surface area contributed by atoms with Crippen molar-refractivity contribution in [3.8, 4) is 5.75 Å². The zero-order valence-electron chi connectivity index (χ0n) is 21.1. The molecular formula is C23H34N5O7PS. The first-order valence-electron chi connectivity index (χ1n) is 12.1. The highest BCUT2D eigenvalue weighted by molar-refractivity contribution is 8.00. The Balaban J connectivity index is 1.68. The van der Waals surface area contributed by atoms with Crippen molar-refractivity contribution < 1.29 is 28.3 Å². The highest BCUT2D eigenvalue weighted by Crippen LogP contribution is 2.48. The number of rotatable bonds is 13. The molecule has 37 heavy (non-hydrogen) atoms. The lowest BCUT2D eigenvalue weighted by atomic mass is 10.1. The second-order valence-corrected chi connectivity index (χ2v) is 11.8. The summed E-state index contributed by atoms with van der Waals surface area (Å²) in [7, 11) is -4.08. The molecule has 1 aromatic heterocycles. The van der Waals surface area contributed by atoms with Gasteiger partial charge < -0.3 is 20.1 Å². The molecule has 1 saturated heterocycles. The van der Waals surface area contributed by atoms with Crippen molar-refractivity contribution in [2.75, 3.05) is 18.9 Å². The zero-order valence-corrected chi connectivity index (χ0v) is 22.8. The van der Waals surface area contributed by atoms with Crippen molar-refractivity contribution in [1.29, 1.82) is 0 Å². The molecule has 3 rings (SSSR count). The number of nitrogen functional groups attached to an aromatic ring is 1. The summed E-state index contributed by atoms with van der Waals surface area (Å²) >= 11 is 1.25. The zero-order chi connectivity index (χ0) is 27.0. The van der Waals surface area contributed by atoms with E-state index < -0.39 is 42.2 Å². The lowest BCUT2D eigenvalue weighted by Crippen LogP contribution is -2.36. The number of nitrogens with two attached hydrogens (primary N) is 1. The Morgan fingerprint density at radius 3 is 2.68 bits per heavy atom. The van der Waals surface area contributed by atoms with Crippen LogP contribution in [-0.4, -0.2) is 56.2 Å². The summed E-state index contributed by atoms with van der Waals surface area (Å²) in [5, 5.41) is 12.2. The summed E-state index contributed by atoms with van der Waals surface area (Å²) in [4.78, 5) is 32.2. The van der Waals surface area contributed by atoms with E-state index in [2.05, 4.69) is 15.1 Å². The number of aromatic nitrogens is 3. The number of aliphatic hydroxyl groups is 1. The number of esters is 1. The topological polar surface area (TPSA) is 168 Å². The van der Waals surface area contributed by atoms with Gasteiger partial charge in [0.25, 0.3) is 0 Å². The highest BCUT2D eigenvalue weighted by atomic mass is 32.2. The number of carbonyl (C=O) groups is 1. The fourth-order valence-corrected chi connectivity index (χ4v) is 6.65. The monoisotopic (exact) mass is 555 g/mol. The van der Waals surface area contributed by atoms with E-state index in [-0.39, 0.29) is 37.3 Å². The van der Waals surface area contributed by atoms with Gasteiger partial charge in [-0.1, -0.05) is 44.9 Å². The van der Waals surface area contributed by atoms with Crippen molar-refractivity contribution >= 4 is 31.4 Å². The second kappa shape index (κ2) is 13.4. The van der Waals surface area contributed by atoms with Crippen LogP contribution in [0.1, 0.15) is 45.4 Å². The summed E-state index contributed by atoms with van der Waals surface area (Å²) in [5.41, 5.74) is 4.87. The van der Waals surface area contributed by atoms with Crippen LogP contribution in [0.15, 0.2) is 41.5 Å². The number of thioether (sulfide) groups is 1. The molecule has 1 fully saturated rings. The number of ether oxygens (including phenoxy) is 1. The van der Waals surface area contributed by atoms with E-state index in [0.29, 0.717) is 0 Å². The summed E-state index contributed by atoms with van der Waals surface area (Å²) < 4.78 is 31.7. The number of carbonyl (C=O) groups excluding carboxylic acids is 1. The number of benzene rings is 1. The number of aliphatic hydroxyl groups excluding tert-OH is 1. The van der Waals surface area contributed by atoms with Crippen LogP contribution in [0.5, 0.6) is 5.75 Å². The molecule has 0 amide bonds. The normalized spacial score (nSPS) is 21.9.